The van der Waals surface area contributed by atoms with Crippen LogP contribution in [0.1, 0.15) is 39.0 Å². The Hall–Kier alpha value is -1.95. The van der Waals surface area contributed by atoms with Crippen molar-refractivity contribution < 1.29 is 25.2 Å². The predicted octanol–water partition coefficient (Wildman–Crippen LogP) is 2.91. The van der Waals surface area contributed by atoms with Crippen LogP contribution in [0, 0.1) is 0 Å². The third-order valence-corrected chi connectivity index (χ3v) is 3.26. The minimum absolute atomic E-state index is 0.0186. The Balaban J connectivity index is 4.02. The summed E-state index contributed by atoms with van der Waals surface area (Å²) in [7, 11) is 0. The number of aliphatic hydroxyl groups excluding tert-OH is 3. The van der Waals surface area contributed by atoms with Gasteiger partial charge in [0, 0.05) is 6.42 Å². The van der Waals surface area contributed by atoms with Gasteiger partial charge in [-0.2, -0.15) is 0 Å². The Kier molecular flexibility index (Phi) is 14.4. The topological polar surface area (TPSA) is 98.0 Å². The van der Waals surface area contributed by atoms with Crippen molar-refractivity contribution in [3.63, 3.8) is 0 Å². The van der Waals surface area contributed by atoms with Crippen LogP contribution in [0.4, 0.5) is 0 Å². The molecular weight excluding hydrogens is 320 g/mol. The van der Waals surface area contributed by atoms with Crippen LogP contribution in [0.3, 0.4) is 0 Å². The fourth-order valence-electron chi connectivity index (χ4n) is 1.87. The lowest BCUT2D eigenvalue weighted by Crippen LogP contribution is -2.23. The molecule has 0 aliphatic heterocycles. The van der Waals surface area contributed by atoms with Crippen molar-refractivity contribution in [1.29, 1.82) is 0 Å². The zero-order valence-corrected chi connectivity index (χ0v) is 14.7. The van der Waals surface area contributed by atoms with Crippen LogP contribution >= 0.6 is 0 Å². The van der Waals surface area contributed by atoms with Crippen molar-refractivity contribution in [1.82, 2.24) is 0 Å². The summed E-state index contributed by atoms with van der Waals surface area (Å²) >= 11 is 0. The van der Waals surface area contributed by atoms with Gasteiger partial charge in [0.1, 0.15) is 0 Å². The van der Waals surface area contributed by atoms with E-state index >= 15 is 0 Å². The van der Waals surface area contributed by atoms with Crippen molar-refractivity contribution in [3.8, 4) is 0 Å². The molecular formula is C20H30O5. The highest BCUT2D eigenvalue weighted by atomic mass is 16.4. The molecule has 140 valence electrons. The van der Waals surface area contributed by atoms with Gasteiger partial charge < -0.3 is 20.4 Å². The first-order valence-corrected chi connectivity index (χ1v) is 8.56. The van der Waals surface area contributed by atoms with Crippen molar-refractivity contribution in [2.45, 2.75) is 57.3 Å². The Morgan fingerprint density at radius 2 is 1.52 bits per heavy atom. The average Bonchev–Trinajstić information content (AvgIpc) is 2.56. The van der Waals surface area contributed by atoms with E-state index in [1.807, 2.05) is 19.1 Å². The molecule has 0 amide bonds. The summed E-state index contributed by atoms with van der Waals surface area (Å²) in [6, 6.07) is 0. The van der Waals surface area contributed by atoms with E-state index in [1.54, 1.807) is 42.5 Å². The third-order valence-electron chi connectivity index (χ3n) is 3.26. The van der Waals surface area contributed by atoms with Gasteiger partial charge in [-0.25, -0.2) is 0 Å². The number of allylic oxidation sites excluding steroid dienone is 7. The lowest BCUT2D eigenvalue weighted by molar-refractivity contribution is -0.137. The van der Waals surface area contributed by atoms with Crippen LogP contribution < -0.4 is 0 Å². The quantitative estimate of drug-likeness (QED) is 0.302. The maximum absolute atomic E-state index is 10.4. The van der Waals surface area contributed by atoms with E-state index in [-0.39, 0.29) is 12.8 Å². The number of carboxylic acid groups (broad SMARTS) is 1. The first-order valence-electron chi connectivity index (χ1n) is 8.56. The van der Waals surface area contributed by atoms with E-state index < -0.39 is 24.3 Å². The third kappa shape index (κ3) is 15.3. The molecule has 0 unspecified atom stereocenters. The van der Waals surface area contributed by atoms with Gasteiger partial charge in [-0.3, -0.25) is 4.79 Å². The summed E-state index contributed by atoms with van der Waals surface area (Å²) in [6.45, 7) is 2.04. The Morgan fingerprint density at radius 3 is 2.12 bits per heavy atom. The van der Waals surface area contributed by atoms with E-state index in [0.29, 0.717) is 12.8 Å². The summed E-state index contributed by atoms with van der Waals surface area (Å²) in [5.74, 6) is -0.911. The normalized spacial score (nSPS) is 16.6. The summed E-state index contributed by atoms with van der Waals surface area (Å²) in [6.07, 6.45) is 17.2. The van der Waals surface area contributed by atoms with Gasteiger partial charge in [0.25, 0.3) is 0 Å². The zero-order valence-electron chi connectivity index (χ0n) is 14.7. The minimum atomic E-state index is -1.02. The second-order valence-electron chi connectivity index (χ2n) is 5.57. The number of hydrogen-bond donors (Lipinski definition) is 4. The van der Waals surface area contributed by atoms with Crippen LogP contribution in [0.2, 0.25) is 0 Å². The molecule has 0 saturated heterocycles. The molecule has 0 rings (SSSR count). The summed E-state index contributed by atoms with van der Waals surface area (Å²) < 4.78 is 0. The Labute approximate surface area is 150 Å². The van der Waals surface area contributed by atoms with Gasteiger partial charge in [-0.15, -0.1) is 0 Å². The number of aliphatic carboxylic acids is 1. The van der Waals surface area contributed by atoms with E-state index in [0.717, 1.165) is 6.42 Å². The van der Waals surface area contributed by atoms with Crippen LogP contribution in [-0.4, -0.2) is 44.7 Å². The number of carboxylic acids is 1. The highest BCUT2D eigenvalue weighted by molar-refractivity contribution is 5.66. The molecule has 0 radical (unpaired) electrons. The molecule has 0 bridgehead atoms. The molecule has 0 saturated carbocycles. The van der Waals surface area contributed by atoms with Gasteiger partial charge in [-0.1, -0.05) is 67.7 Å². The largest absolute Gasteiger partial charge is 0.481 e. The monoisotopic (exact) mass is 350 g/mol. The molecule has 0 aromatic heterocycles. The van der Waals surface area contributed by atoms with Gasteiger partial charge in [0.15, 0.2) is 0 Å². The Bertz CT molecular complexity index is 488. The SMILES string of the molecule is CCC=CC[C@H](O)C=CC=CC=CC=C[C@@H](O)[C@@H](O)CCCC(=O)O. The molecule has 0 aromatic rings. The zero-order chi connectivity index (χ0) is 18.9. The van der Waals surface area contributed by atoms with Gasteiger partial charge in [0.05, 0.1) is 18.3 Å². The molecule has 0 heterocycles. The predicted molar refractivity (Wildman–Crippen MR) is 100 cm³/mol. The lowest BCUT2D eigenvalue weighted by Gasteiger charge is -2.13. The fourth-order valence-corrected chi connectivity index (χ4v) is 1.87. The van der Waals surface area contributed by atoms with Crippen molar-refractivity contribution in [2.75, 3.05) is 0 Å². The van der Waals surface area contributed by atoms with Crippen molar-refractivity contribution >= 4 is 5.97 Å². The molecule has 0 aliphatic rings. The highest BCUT2D eigenvalue weighted by Crippen LogP contribution is 2.06. The van der Waals surface area contributed by atoms with E-state index in [9.17, 15) is 20.1 Å². The summed E-state index contributed by atoms with van der Waals surface area (Å²) in [5.41, 5.74) is 0. The Morgan fingerprint density at radius 1 is 0.920 bits per heavy atom. The second-order valence-corrected chi connectivity index (χ2v) is 5.57. The molecule has 5 nitrogen and oxygen atoms in total. The first kappa shape index (κ1) is 23.1. The molecule has 25 heavy (non-hydrogen) atoms. The van der Waals surface area contributed by atoms with Gasteiger partial charge in [0.2, 0.25) is 0 Å². The number of hydrogen-bond acceptors (Lipinski definition) is 4. The van der Waals surface area contributed by atoms with Crippen molar-refractivity contribution in [3.05, 3.63) is 60.8 Å². The van der Waals surface area contributed by atoms with Crippen LogP contribution in [0.15, 0.2) is 60.8 Å². The first-order chi connectivity index (χ1) is 12.0. The molecule has 0 aliphatic carbocycles. The van der Waals surface area contributed by atoms with Crippen LogP contribution in [0.5, 0.6) is 0 Å². The maximum Gasteiger partial charge on any atom is 0.303 e. The molecule has 0 fully saturated rings. The summed E-state index contributed by atoms with van der Waals surface area (Å²) in [5, 5.41) is 37.5. The molecule has 0 aromatic carbocycles. The molecule has 3 atom stereocenters. The smallest absolute Gasteiger partial charge is 0.303 e. The molecule has 4 N–H and O–H groups in total. The lowest BCUT2D eigenvalue weighted by atomic mass is 10.1. The van der Waals surface area contributed by atoms with E-state index in [1.165, 1.54) is 6.08 Å². The van der Waals surface area contributed by atoms with E-state index in [4.69, 9.17) is 5.11 Å². The molecule has 5 heteroatoms. The second kappa shape index (κ2) is 15.6. The van der Waals surface area contributed by atoms with Crippen LogP contribution in [-0.2, 0) is 4.79 Å². The highest BCUT2D eigenvalue weighted by Gasteiger charge is 2.12. The van der Waals surface area contributed by atoms with Gasteiger partial charge >= 0.3 is 5.97 Å². The maximum atomic E-state index is 10.4. The standard InChI is InChI=1S/C20H30O5/c1-2-3-8-12-17(21)13-9-6-4-5-7-10-14-18(22)19(23)15-11-16-20(24)25/h3-10,13-14,17-19,21-23H,2,11-12,15-16H2,1H3,(H,24,25)/t17-,18+,19-/m0/s1. The summed E-state index contributed by atoms with van der Waals surface area (Å²) in [4.78, 5) is 10.4. The van der Waals surface area contributed by atoms with Gasteiger partial charge in [-0.05, 0) is 25.7 Å². The number of carbonyl (C=O) groups is 1. The number of aliphatic hydroxyl groups is 3. The fraction of sp³-hybridized carbons (Fsp3) is 0.450. The van der Waals surface area contributed by atoms with Crippen molar-refractivity contribution in [2.24, 2.45) is 0 Å². The number of rotatable bonds is 13. The molecule has 0 spiro atoms. The average molecular weight is 350 g/mol. The minimum Gasteiger partial charge on any atom is -0.481 e. The van der Waals surface area contributed by atoms with Crippen LogP contribution in [0.25, 0.3) is 0 Å². The van der Waals surface area contributed by atoms with E-state index in [2.05, 4.69) is 0 Å².